The molecule has 0 aliphatic rings. The van der Waals surface area contributed by atoms with Crippen LogP contribution in [0.25, 0.3) is 10.9 Å². The second-order valence-electron chi connectivity index (χ2n) is 5.93. The molecule has 0 saturated heterocycles. The van der Waals surface area contributed by atoms with Crippen LogP contribution in [0.5, 0.6) is 0 Å². The van der Waals surface area contributed by atoms with Gasteiger partial charge in [0.2, 0.25) is 0 Å². The number of hydrogen-bond donors (Lipinski definition) is 3. The van der Waals surface area contributed by atoms with Crippen LogP contribution in [0.4, 0.5) is 0 Å². The van der Waals surface area contributed by atoms with Crippen molar-refractivity contribution in [3.63, 3.8) is 0 Å². The Kier molecular flexibility index (Phi) is 5.88. The fourth-order valence-corrected chi connectivity index (χ4v) is 3.44. The molecule has 1 aromatic heterocycles. The van der Waals surface area contributed by atoms with Crippen molar-refractivity contribution >= 4 is 45.2 Å². The van der Waals surface area contributed by atoms with E-state index in [-0.39, 0.29) is 11.1 Å². The average molecular weight is 399 g/mol. The van der Waals surface area contributed by atoms with E-state index in [9.17, 15) is 9.59 Å². The van der Waals surface area contributed by atoms with Gasteiger partial charge in [-0.25, -0.2) is 9.78 Å². The normalized spacial score (nSPS) is 10.7. The van der Waals surface area contributed by atoms with Gasteiger partial charge in [0.05, 0.1) is 16.5 Å². The quantitative estimate of drug-likeness (QED) is 0.567. The molecule has 0 amide bonds. The minimum absolute atomic E-state index is 0.152. The van der Waals surface area contributed by atoms with Gasteiger partial charge >= 0.3 is 5.97 Å². The maximum Gasteiger partial charge on any atom is 0.335 e. The number of H-pyrrole nitrogens is 1. The summed E-state index contributed by atoms with van der Waals surface area (Å²) in [4.78, 5) is 29.9. The summed E-state index contributed by atoms with van der Waals surface area (Å²) in [7, 11) is 0. The summed E-state index contributed by atoms with van der Waals surface area (Å²) in [5.41, 5.74) is 2.71. The number of thiocarbonyl (C=S) groups is 1. The van der Waals surface area contributed by atoms with Crippen molar-refractivity contribution in [3.8, 4) is 0 Å². The third kappa shape index (κ3) is 4.93. The number of thioether (sulfide) groups is 1. The molecule has 0 saturated carbocycles. The van der Waals surface area contributed by atoms with E-state index in [2.05, 4.69) is 15.3 Å². The zero-order chi connectivity index (χ0) is 19.4. The first kappa shape index (κ1) is 19.1. The van der Waals surface area contributed by atoms with Gasteiger partial charge < -0.3 is 15.4 Å². The molecular formula is C19H17N3O3S2. The molecule has 8 heteroatoms. The Hall–Kier alpha value is -2.71. The summed E-state index contributed by atoms with van der Waals surface area (Å²) in [5.74, 6) is 0.296. The molecule has 3 rings (SSSR count). The van der Waals surface area contributed by atoms with Crippen LogP contribution in [0.2, 0.25) is 0 Å². The van der Waals surface area contributed by atoms with Crippen LogP contribution in [0.1, 0.15) is 27.3 Å². The summed E-state index contributed by atoms with van der Waals surface area (Å²) >= 11 is 6.80. The molecule has 3 N–H and O–H groups in total. The van der Waals surface area contributed by atoms with Crippen molar-refractivity contribution in [2.75, 3.05) is 0 Å². The van der Waals surface area contributed by atoms with E-state index in [0.29, 0.717) is 33.3 Å². The first-order valence-corrected chi connectivity index (χ1v) is 9.54. The van der Waals surface area contributed by atoms with Crippen molar-refractivity contribution in [3.05, 3.63) is 75.3 Å². The predicted octanol–water partition coefficient (Wildman–Crippen LogP) is 3.24. The molecule has 2 aromatic carbocycles. The Morgan fingerprint density at radius 2 is 1.93 bits per heavy atom. The lowest BCUT2D eigenvalue weighted by Crippen LogP contribution is -2.18. The van der Waals surface area contributed by atoms with Gasteiger partial charge in [-0.3, -0.25) is 4.79 Å². The topological polar surface area (TPSA) is 95.1 Å². The number of aryl methyl sites for hydroxylation is 1. The number of carbonyl (C=O) groups is 1. The van der Waals surface area contributed by atoms with Crippen molar-refractivity contribution < 1.29 is 9.90 Å². The maximum absolute atomic E-state index is 12.0. The summed E-state index contributed by atoms with van der Waals surface area (Å²) in [5, 5.41) is 12.6. The van der Waals surface area contributed by atoms with Gasteiger partial charge in [0.25, 0.3) is 5.56 Å². The third-order valence-corrected chi connectivity index (χ3v) is 5.28. The lowest BCUT2D eigenvalue weighted by Gasteiger charge is -2.09. The molecule has 6 nitrogen and oxygen atoms in total. The van der Waals surface area contributed by atoms with E-state index in [0.717, 1.165) is 11.1 Å². The fourth-order valence-electron chi connectivity index (χ4n) is 2.53. The van der Waals surface area contributed by atoms with E-state index >= 15 is 0 Å². The molecule has 0 fully saturated rings. The van der Waals surface area contributed by atoms with E-state index in [1.165, 1.54) is 11.8 Å². The number of benzene rings is 2. The SMILES string of the molecule is Cc1nc2ccc(CNC(=S)SCc3ccc(C(=O)O)cc3)cc2c(=O)[nH]1. The van der Waals surface area contributed by atoms with Gasteiger partial charge in [-0.2, -0.15) is 0 Å². The van der Waals surface area contributed by atoms with E-state index < -0.39 is 5.97 Å². The van der Waals surface area contributed by atoms with Crippen LogP contribution in [0, 0.1) is 6.92 Å². The van der Waals surface area contributed by atoms with Crippen LogP contribution >= 0.6 is 24.0 Å². The molecule has 138 valence electrons. The van der Waals surface area contributed by atoms with Crippen LogP contribution < -0.4 is 10.9 Å². The Morgan fingerprint density at radius 1 is 1.22 bits per heavy atom. The number of carboxylic acids is 1. The second-order valence-corrected chi connectivity index (χ2v) is 7.59. The molecule has 0 bridgehead atoms. The highest BCUT2D eigenvalue weighted by Crippen LogP contribution is 2.15. The van der Waals surface area contributed by atoms with Crippen LogP contribution in [-0.2, 0) is 12.3 Å². The van der Waals surface area contributed by atoms with Crippen LogP contribution in [0.15, 0.2) is 47.3 Å². The molecule has 1 heterocycles. The van der Waals surface area contributed by atoms with Gasteiger partial charge in [0.15, 0.2) is 0 Å². The predicted molar refractivity (Wildman–Crippen MR) is 111 cm³/mol. The maximum atomic E-state index is 12.0. The van der Waals surface area contributed by atoms with Crippen molar-refractivity contribution in [1.82, 2.24) is 15.3 Å². The van der Waals surface area contributed by atoms with Crippen molar-refractivity contribution in [1.29, 1.82) is 0 Å². The number of nitrogens with one attached hydrogen (secondary N) is 2. The number of hydrogen-bond acceptors (Lipinski definition) is 5. The van der Waals surface area contributed by atoms with Gasteiger partial charge in [0, 0.05) is 12.3 Å². The molecule has 0 aliphatic heterocycles. The van der Waals surface area contributed by atoms with E-state index in [1.807, 2.05) is 18.2 Å². The van der Waals surface area contributed by atoms with E-state index in [1.54, 1.807) is 31.2 Å². The lowest BCUT2D eigenvalue weighted by molar-refractivity contribution is 0.0697. The zero-order valence-corrected chi connectivity index (χ0v) is 16.1. The van der Waals surface area contributed by atoms with Gasteiger partial charge in [-0.15, -0.1) is 0 Å². The Balaban J connectivity index is 1.56. The Bertz CT molecular complexity index is 1060. The molecule has 0 unspecified atom stereocenters. The van der Waals surface area contributed by atoms with E-state index in [4.69, 9.17) is 17.3 Å². The summed E-state index contributed by atoms with van der Waals surface area (Å²) in [6.45, 7) is 2.26. The number of fused-ring (bicyclic) bond motifs is 1. The van der Waals surface area contributed by atoms with Crippen LogP contribution in [-0.4, -0.2) is 25.4 Å². The molecular weight excluding hydrogens is 382 g/mol. The molecule has 0 aliphatic carbocycles. The van der Waals surface area contributed by atoms with Gasteiger partial charge in [-0.05, 0) is 42.3 Å². The zero-order valence-electron chi connectivity index (χ0n) is 14.5. The highest BCUT2D eigenvalue weighted by molar-refractivity contribution is 8.22. The highest BCUT2D eigenvalue weighted by Gasteiger charge is 2.05. The lowest BCUT2D eigenvalue weighted by atomic mass is 10.1. The first-order valence-electron chi connectivity index (χ1n) is 8.15. The second kappa shape index (κ2) is 8.32. The molecule has 3 aromatic rings. The number of aromatic amines is 1. The molecule has 0 spiro atoms. The summed E-state index contributed by atoms with van der Waals surface area (Å²) in [6.07, 6.45) is 0. The minimum atomic E-state index is -0.939. The fraction of sp³-hybridized carbons (Fsp3) is 0.158. The monoisotopic (exact) mass is 399 g/mol. The van der Waals surface area contributed by atoms with Crippen LogP contribution in [0.3, 0.4) is 0 Å². The third-order valence-electron chi connectivity index (χ3n) is 3.90. The molecule has 0 radical (unpaired) electrons. The van der Waals surface area contributed by atoms with Gasteiger partial charge in [0.1, 0.15) is 10.1 Å². The molecule has 27 heavy (non-hydrogen) atoms. The van der Waals surface area contributed by atoms with Gasteiger partial charge in [-0.1, -0.05) is 42.2 Å². The van der Waals surface area contributed by atoms with Crippen molar-refractivity contribution in [2.24, 2.45) is 0 Å². The summed E-state index contributed by atoms with van der Waals surface area (Å²) in [6, 6.07) is 12.3. The Labute approximate surface area is 165 Å². The first-order chi connectivity index (χ1) is 12.9. The largest absolute Gasteiger partial charge is 0.478 e. The Morgan fingerprint density at radius 3 is 2.63 bits per heavy atom. The number of nitrogens with zero attached hydrogens (tertiary/aromatic N) is 1. The smallest absolute Gasteiger partial charge is 0.335 e. The highest BCUT2D eigenvalue weighted by atomic mass is 32.2. The summed E-state index contributed by atoms with van der Waals surface area (Å²) < 4.78 is 0.633. The standard InChI is InChI=1S/C19H17N3O3S2/c1-11-21-16-7-4-13(8-15(16)17(23)22-11)9-20-19(26)27-10-12-2-5-14(6-3-12)18(24)25/h2-8H,9-10H2,1H3,(H,20,26)(H,24,25)(H,21,22,23). The minimum Gasteiger partial charge on any atom is -0.478 e. The number of carboxylic acid groups (broad SMARTS) is 1. The molecule has 0 atom stereocenters. The number of rotatable bonds is 5. The number of aromatic carboxylic acids is 1. The average Bonchev–Trinajstić information content (AvgIpc) is 2.65. The number of aromatic nitrogens is 2. The van der Waals surface area contributed by atoms with Crippen molar-refractivity contribution in [2.45, 2.75) is 19.2 Å².